The van der Waals surface area contributed by atoms with Gasteiger partial charge in [0.1, 0.15) is 7.11 Å². The molecule has 4 saturated carbocycles. The van der Waals surface area contributed by atoms with Gasteiger partial charge in [-0.2, -0.15) is 0 Å². The van der Waals surface area contributed by atoms with Crippen LogP contribution in [-0.4, -0.2) is 12.8 Å². The summed E-state index contributed by atoms with van der Waals surface area (Å²) in [4.78, 5) is 5.13. The van der Waals surface area contributed by atoms with Crippen molar-refractivity contribution in [1.29, 1.82) is 0 Å². The molecule has 5 aliphatic carbocycles. The molecule has 6 unspecified atom stereocenters. The second-order valence-electron chi connectivity index (χ2n) is 9.53. The lowest BCUT2D eigenvalue weighted by Crippen LogP contribution is -2.40. The van der Waals surface area contributed by atoms with Crippen LogP contribution >= 0.6 is 0 Å². The number of hydrogen-bond acceptors (Lipinski definition) is 2. The normalized spacial score (nSPS) is 52.1. The molecule has 0 amide bonds. The largest absolute Gasteiger partial charge is 0.399 e. The summed E-state index contributed by atoms with van der Waals surface area (Å²) < 4.78 is 0. The molecule has 130 valence electrons. The van der Waals surface area contributed by atoms with Crippen molar-refractivity contribution in [2.45, 2.75) is 65.2 Å². The van der Waals surface area contributed by atoms with E-state index in [1.165, 1.54) is 62.7 Å². The lowest BCUT2D eigenvalue weighted by atomic mass is 9.59. The fourth-order valence-corrected chi connectivity index (χ4v) is 8.66. The number of fused-ring (bicyclic) bond motifs is 1. The second-order valence-corrected chi connectivity index (χ2v) is 9.53. The minimum Gasteiger partial charge on any atom is -0.399 e. The van der Waals surface area contributed by atoms with Crippen molar-refractivity contribution in [3.05, 3.63) is 23.8 Å². The Bertz CT molecular complexity index is 675. The third kappa shape index (κ3) is 1.45. The SMILES string of the molecule is C=C1C=C2CCC34C5CCC(/C(C)=N/OC)C5(C)CCC3C24CC1. The summed E-state index contributed by atoms with van der Waals surface area (Å²) in [5.41, 5.74) is 6.06. The van der Waals surface area contributed by atoms with Crippen LogP contribution in [-0.2, 0) is 4.84 Å². The van der Waals surface area contributed by atoms with Crippen LogP contribution in [0, 0.1) is 34.0 Å². The second kappa shape index (κ2) is 4.56. The lowest BCUT2D eigenvalue weighted by Gasteiger charge is -2.45. The highest BCUT2D eigenvalue weighted by molar-refractivity contribution is 5.85. The third-order valence-electron chi connectivity index (χ3n) is 9.23. The Morgan fingerprint density at radius 2 is 2.00 bits per heavy atom. The van der Waals surface area contributed by atoms with E-state index < -0.39 is 0 Å². The number of rotatable bonds is 2. The van der Waals surface area contributed by atoms with E-state index in [2.05, 4.69) is 31.7 Å². The van der Waals surface area contributed by atoms with Crippen molar-refractivity contribution in [1.82, 2.24) is 0 Å². The van der Waals surface area contributed by atoms with Crippen LogP contribution in [0.4, 0.5) is 0 Å². The average Bonchev–Trinajstić information content (AvgIpc) is 2.79. The molecule has 2 spiro atoms. The molecule has 5 rings (SSSR count). The molecule has 0 aromatic rings. The number of hydrogen-bond donors (Lipinski definition) is 0. The van der Waals surface area contributed by atoms with Crippen molar-refractivity contribution in [3.63, 3.8) is 0 Å². The van der Waals surface area contributed by atoms with Crippen molar-refractivity contribution < 1.29 is 4.84 Å². The Hall–Kier alpha value is -1.05. The van der Waals surface area contributed by atoms with Crippen LogP contribution in [0.1, 0.15) is 65.2 Å². The van der Waals surface area contributed by atoms with Crippen LogP contribution in [0.25, 0.3) is 0 Å². The van der Waals surface area contributed by atoms with Crippen LogP contribution in [0.2, 0.25) is 0 Å². The van der Waals surface area contributed by atoms with Gasteiger partial charge in [0.15, 0.2) is 0 Å². The molecule has 0 radical (unpaired) electrons. The summed E-state index contributed by atoms with van der Waals surface area (Å²) in [6, 6.07) is 0. The molecule has 24 heavy (non-hydrogen) atoms. The molecule has 0 aromatic heterocycles. The molecule has 0 aromatic carbocycles. The van der Waals surface area contributed by atoms with Gasteiger partial charge in [0.2, 0.25) is 0 Å². The first-order chi connectivity index (χ1) is 11.5. The molecule has 0 N–H and O–H groups in total. The highest BCUT2D eigenvalue weighted by atomic mass is 16.6. The van der Waals surface area contributed by atoms with E-state index in [1.807, 2.05) is 0 Å². The Morgan fingerprint density at radius 3 is 2.79 bits per heavy atom. The highest BCUT2D eigenvalue weighted by Gasteiger charge is 2.84. The van der Waals surface area contributed by atoms with E-state index in [1.54, 1.807) is 12.7 Å². The zero-order valence-corrected chi connectivity index (χ0v) is 15.5. The summed E-state index contributed by atoms with van der Waals surface area (Å²) in [5.74, 6) is 2.50. The van der Waals surface area contributed by atoms with Gasteiger partial charge in [0, 0.05) is 11.3 Å². The smallest absolute Gasteiger partial charge is 0.106 e. The topological polar surface area (TPSA) is 21.6 Å². The quantitative estimate of drug-likeness (QED) is 0.485. The van der Waals surface area contributed by atoms with Gasteiger partial charge in [-0.3, -0.25) is 0 Å². The van der Waals surface area contributed by atoms with Crippen molar-refractivity contribution in [2.75, 3.05) is 7.11 Å². The fraction of sp³-hybridized carbons (Fsp3) is 0.773. The van der Waals surface area contributed by atoms with Gasteiger partial charge >= 0.3 is 0 Å². The van der Waals surface area contributed by atoms with E-state index in [-0.39, 0.29) is 0 Å². The first kappa shape index (κ1) is 15.2. The zero-order chi connectivity index (χ0) is 16.7. The van der Waals surface area contributed by atoms with Crippen molar-refractivity contribution >= 4 is 5.71 Å². The fourth-order valence-electron chi connectivity index (χ4n) is 8.66. The molecular weight excluding hydrogens is 294 g/mol. The average molecular weight is 325 g/mol. The van der Waals surface area contributed by atoms with Gasteiger partial charge < -0.3 is 4.84 Å². The number of oxime groups is 1. The van der Waals surface area contributed by atoms with E-state index in [0.717, 1.165) is 11.8 Å². The van der Waals surface area contributed by atoms with E-state index in [4.69, 9.17) is 4.84 Å². The van der Waals surface area contributed by atoms with Gasteiger partial charge in [0.25, 0.3) is 0 Å². The Kier molecular flexibility index (Phi) is 2.89. The van der Waals surface area contributed by atoms with E-state index in [9.17, 15) is 0 Å². The van der Waals surface area contributed by atoms with Gasteiger partial charge in [-0.25, -0.2) is 0 Å². The van der Waals surface area contributed by atoms with Gasteiger partial charge in [-0.05, 0) is 81.0 Å². The standard InChI is InChI=1S/C22H31NO/c1-14-7-11-21-16(13-14)8-12-22(21)18-6-5-17(15(2)23-24-4)20(18,3)10-9-19(21)22/h13,17-19H,1,5-12H2,2-4H3/b23-15+. The maximum absolute atomic E-state index is 5.13. The summed E-state index contributed by atoms with van der Waals surface area (Å²) in [5, 5.41) is 4.35. The van der Waals surface area contributed by atoms with E-state index >= 15 is 0 Å². The summed E-state index contributed by atoms with van der Waals surface area (Å²) in [7, 11) is 1.69. The molecule has 0 aliphatic heterocycles. The summed E-state index contributed by atoms with van der Waals surface area (Å²) in [6.45, 7) is 9.05. The van der Waals surface area contributed by atoms with Crippen LogP contribution in [0.5, 0.6) is 0 Å². The molecule has 2 heteroatoms. The summed E-state index contributed by atoms with van der Waals surface area (Å²) in [6.07, 6.45) is 13.5. The van der Waals surface area contributed by atoms with Gasteiger partial charge in [-0.15, -0.1) is 0 Å². The Morgan fingerprint density at radius 1 is 1.17 bits per heavy atom. The lowest BCUT2D eigenvalue weighted by molar-refractivity contribution is 0.0514. The predicted octanol–water partition coefficient (Wildman–Crippen LogP) is 5.51. The van der Waals surface area contributed by atoms with Crippen LogP contribution in [0.3, 0.4) is 0 Å². The monoisotopic (exact) mass is 325 g/mol. The molecule has 6 atom stereocenters. The van der Waals surface area contributed by atoms with Crippen molar-refractivity contribution in [2.24, 2.45) is 39.2 Å². The first-order valence-corrected chi connectivity index (χ1v) is 9.97. The zero-order valence-electron chi connectivity index (χ0n) is 15.5. The minimum absolute atomic E-state index is 0.440. The highest BCUT2D eigenvalue weighted by Crippen LogP contribution is 2.91. The molecule has 4 fully saturated rings. The predicted molar refractivity (Wildman–Crippen MR) is 97.7 cm³/mol. The minimum atomic E-state index is 0.440. The Labute approximate surface area is 146 Å². The molecule has 0 bridgehead atoms. The van der Waals surface area contributed by atoms with Gasteiger partial charge in [0.05, 0.1) is 5.71 Å². The summed E-state index contributed by atoms with van der Waals surface area (Å²) >= 11 is 0. The van der Waals surface area contributed by atoms with Gasteiger partial charge in [-0.1, -0.05) is 35.9 Å². The number of nitrogens with zero attached hydrogens (tertiary/aromatic N) is 1. The molecule has 0 saturated heterocycles. The molecule has 0 heterocycles. The van der Waals surface area contributed by atoms with Crippen molar-refractivity contribution in [3.8, 4) is 0 Å². The molecular formula is C22H31NO. The Balaban J connectivity index is 1.55. The molecule has 5 aliphatic rings. The maximum atomic E-state index is 5.13. The van der Waals surface area contributed by atoms with Crippen LogP contribution < -0.4 is 0 Å². The molecule has 2 nitrogen and oxygen atoms in total. The van der Waals surface area contributed by atoms with Crippen LogP contribution in [0.15, 0.2) is 29.0 Å². The third-order valence-corrected chi connectivity index (χ3v) is 9.23. The number of allylic oxidation sites excluding steroid dienone is 3. The first-order valence-electron chi connectivity index (χ1n) is 9.97. The maximum Gasteiger partial charge on any atom is 0.106 e. The van der Waals surface area contributed by atoms with E-state index in [0.29, 0.717) is 22.2 Å².